The van der Waals surface area contributed by atoms with Crippen LogP contribution in [-0.4, -0.2) is 28.0 Å². The molecular formula is C14H15FO3S. The molecule has 1 aliphatic heterocycles. The third-order valence-electron chi connectivity index (χ3n) is 3.18. The maximum absolute atomic E-state index is 13.9. The van der Waals surface area contributed by atoms with Gasteiger partial charge in [-0.15, -0.1) is 11.8 Å². The van der Waals surface area contributed by atoms with Crippen LogP contribution in [0.15, 0.2) is 23.1 Å². The van der Waals surface area contributed by atoms with Gasteiger partial charge in [0.05, 0.1) is 12.0 Å². The SMILES string of the molecule is CC(C(=O)O)c1ccc(C=C2SCCC2O)c(F)c1. The lowest BCUT2D eigenvalue weighted by Gasteiger charge is -2.09. The Hall–Kier alpha value is -1.33. The highest BCUT2D eigenvalue weighted by molar-refractivity contribution is 8.03. The van der Waals surface area contributed by atoms with E-state index in [1.807, 2.05) is 0 Å². The number of rotatable bonds is 3. The lowest BCUT2D eigenvalue weighted by atomic mass is 9.99. The Morgan fingerprint density at radius 3 is 2.84 bits per heavy atom. The van der Waals surface area contributed by atoms with Gasteiger partial charge in [-0.05, 0) is 31.1 Å². The first-order chi connectivity index (χ1) is 8.99. The predicted octanol–water partition coefficient (Wildman–Crippen LogP) is 2.85. The molecule has 2 rings (SSSR count). The van der Waals surface area contributed by atoms with Crippen molar-refractivity contribution in [2.24, 2.45) is 0 Å². The van der Waals surface area contributed by atoms with Crippen molar-refractivity contribution in [1.82, 2.24) is 0 Å². The van der Waals surface area contributed by atoms with Crippen molar-refractivity contribution in [3.63, 3.8) is 0 Å². The summed E-state index contributed by atoms with van der Waals surface area (Å²) in [6, 6.07) is 4.42. The first-order valence-electron chi connectivity index (χ1n) is 6.03. The van der Waals surface area contributed by atoms with Crippen molar-refractivity contribution in [3.8, 4) is 0 Å². The first kappa shape index (κ1) is 14.1. The fourth-order valence-corrected chi connectivity index (χ4v) is 2.99. The number of aliphatic hydroxyl groups is 1. The van der Waals surface area contributed by atoms with E-state index >= 15 is 0 Å². The molecule has 0 amide bonds. The largest absolute Gasteiger partial charge is 0.481 e. The van der Waals surface area contributed by atoms with E-state index in [-0.39, 0.29) is 0 Å². The van der Waals surface area contributed by atoms with Crippen LogP contribution in [0.1, 0.15) is 30.4 Å². The van der Waals surface area contributed by atoms with E-state index in [1.54, 1.807) is 18.2 Å². The molecule has 0 aliphatic carbocycles. The third-order valence-corrected chi connectivity index (χ3v) is 4.34. The number of aliphatic hydroxyl groups excluding tert-OH is 1. The van der Waals surface area contributed by atoms with Gasteiger partial charge >= 0.3 is 5.97 Å². The summed E-state index contributed by atoms with van der Waals surface area (Å²) in [5.41, 5.74) is 0.816. The van der Waals surface area contributed by atoms with Gasteiger partial charge in [0.1, 0.15) is 5.82 Å². The maximum atomic E-state index is 13.9. The maximum Gasteiger partial charge on any atom is 0.310 e. The van der Waals surface area contributed by atoms with Gasteiger partial charge in [0, 0.05) is 16.2 Å². The monoisotopic (exact) mass is 282 g/mol. The fourth-order valence-electron chi connectivity index (χ4n) is 1.89. The second-order valence-corrected chi connectivity index (χ2v) is 5.71. The Kier molecular flexibility index (Phi) is 4.27. The second-order valence-electron chi connectivity index (χ2n) is 4.54. The molecule has 19 heavy (non-hydrogen) atoms. The van der Waals surface area contributed by atoms with Crippen molar-refractivity contribution < 1.29 is 19.4 Å². The summed E-state index contributed by atoms with van der Waals surface area (Å²) in [4.78, 5) is 11.6. The second kappa shape index (κ2) is 5.75. The summed E-state index contributed by atoms with van der Waals surface area (Å²) in [5, 5.41) is 18.6. The standard InChI is InChI=1S/C14H15FO3S/c1-8(14(17)18)9-2-3-10(11(15)6-9)7-13-12(16)4-5-19-13/h2-3,6-8,12,16H,4-5H2,1H3,(H,17,18). The fraction of sp³-hybridized carbons (Fsp3) is 0.357. The highest BCUT2D eigenvalue weighted by atomic mass is 32.2. The van der Waals surface area contributed by atoms with Crippen molar-refractivity contribution in [2.45, 2.75) is 25.4 Å². The number of carboxylic acid groups (broad SMARTS) is 1. The van der Waals surface area contributed by atoms with Gasteiger partial charge in [0.25, 0.3) is 0 Å². The van der Waals surface area contributed by atoms with Crippen LogP contribution in [0.2, 0.25) is 0 Å². The minimum atomic E-state index is -0.979. The molecule has 1 heterocycles. The first-order valence-corrected chi connectivity index (χ1v) is 7.02. The van der Waals surface area contributed by atoms with Crippen LogP contribution < -0.4 is 0 Å². The van der Waals surface area contributed by atoms with E-state index < -0.39 is 23.8 Å². The Morgan fingerprint density at radius 1 is 1.58 bits per heavy atom. The Morgan fingerprint density at radius 2 is 2.32 bits per heavy atom. The molecule has 1 saturated heterocycles. The normalized spacial score (nSPS) is 22.7. The van der Waals surface area contributed by atoms with Crippen LogP contribution in [0.3, 0.4) is 0 Å². The Bertz CT molecular complexity index is 527. The zero-order chi connectivity index (χ0) is 14.0. The number of carbonyl (C=O) groups is 1. The molecule has 3 nitrogen and oxygen atoms in total. The lowest BCUT2D eigenvalue weighted by Crippen LogP contribution is -2.07. The third kappa shape index (κ3) is 3.16. The predicted molar refractivity (Wildman–Crippen MR) is 73.5 cm³/mol. The van der Waals surface area contributed by atoms with Gasteiger partial charge < -0.3 is 10.2 Å². The van der Waals surface area contributed by atoms with Gasteiger partial charge in [0.2, 0.25) is 0 Å². The van der Waals surface area contributed by atoms with Crippen molar-refractivity contribution >= 4 is 23.8 Å². The van der Waals surface area contributed by atoms with Crippen LogP contribution in [0, 0.1) is 5.82 Å². The Labute approximate surface area is 115 Å². The average molecular weight is 282 g/mol. The van der Waals surface area contributed by atoms with E-state index in [9.17, 15) is 14.3 Å². The van der Waals surface area contributed by atoms with Crippen LogP contribution in [0.5, 0.6) is 0 Å². The zero-order valence-electron chi connectivity index (χ0n) is 10.5. The number of hydrogen-bond donors (Lipinski definition) is 2. The average Bonchev–Trinajstić information content (AvgIpc) is 2.76. The smallest absolute Gasteiger partial charge is 0.310 e. The highest BCUT2D eigenvalue weighted by Crippen LogP contribution is 2.33. The molecule has 0 bridgehead atoms. The topological polar surface area (TPSA) is 57.5 Å². The Balaban J connectivity index is 2.27. The van der Waals surface area contributed by atoms with E-state index in [4.69, 9.17) is 5.11 Å². The number of benzene rings is 1. The summed E-state index contributed by atoms with van der Waals surface area (Å²) in [7, 11) is 0. The molecule has 2 atom stereocenters. The number of hydrogen-bond acceptors (Lipinski definition) is 3. The lowest BCUT2D eigenvalue weighted by molar-refractivity contribution is -0.138. The molecule has 2 unspecified atom stereocenters. The van der Waals surface area contributed by atoms with Gasteiger partial charge in [-0.25, -0.2) is 4.39 Å². The molecule has 0 saturated carbocycles. The molecular weight excluding hydrogens is 267 g/mol. The van der Waals surface area contributed by atoms with Crippen LogP contribution in [0.25, 0.3) is 6.08 Å². The quantitative estimate of drug-likeness (QED) is 0.895. The minimum absolute atomic E-state index is 0.379. The zero-order valence-corrected chi connectivity index (χ0v) is 11.3. The molecule has 5 heteroatoms. The van der Waals surface area contributed by atoms with Crippen molar-refractivity contribution in [3.05, 3.63) is 40.0 Å². The van der Waals surface area contributed by atoms with Crippen LogP contribution in [0.4, 0.5) is 4.39 Å². The highest BCUT2D eigenvalue weighted by Gasteiger charge is 2.20. The van der Waals surface area contributed by atoms with E-state index in [0.717, 1.165) is 10.7 Å². The molecule has 1 aromatic rings. The molecule has 2 N–H and O–H groups in total. The summed E-state index contributed by atoms with van der Waals surface area (Å²) in [6.07, 6.45) is 1.81. The molecule has 0 spiro atoms. The van der Waals surface area contributed by atoms with E-state index in [0.29, 0.717) is 17.5 Å². The summed E-state index contributed by atoms with van der Waals surface area (Å²) in [6.45, 7) is 1.52. The molecule has 102 valence electrons. The number of aliphatic carboxylic acids is 1. The van der Waals surface area contributed by atoms with Crippen LogP contribution >= 0.6 is 11.8 Å². The summed E-state index contributed by atoms with van der Waals surface area (Å²) in [5.74, 6) is -1.34. The van der Waals surface area contributed by atoms with Gasteiger partial charge in [-0.3, -0.25) is 4.79 Å². The van der Waals surface area contributed by atoms with Gasteiger partial charge in [0.15, 0.2) is 0 Å². The molecule has 0 radical (unpaired) electrons. The minimum Gasteiger partial charge on any atom is -0.481 e. The van der Waals surface area contributed by atoms with Crippen molar-refractivity contribution in [1.29, 1.82) is 0 Å². The summed E-state index contributed by atoms with van der Waals surface area (Å²) < 4.78 is 13.9. The van der Waals surface area contributed by atoms with Crippen LogP contribution in [-0.2, 0) is 4.79 Å². The van der Waals surface area contributed by atoms with Crippen molar-refractivity contribution in [2.75, 3.05) is 5.75 Å². The number of carboxylic acids is 1. The molecule has 1 fully saturated rings. The molecule has 1 aliphatic rings. The number of halogens is 1. The van der Waals surface area contributed by atoms with E-state index in [1.165, 1.54) is 24.8 Å². The molecule has 1 aromatic carbocycles. The van der Waals surface area contributed by atoms with E-state index in [2.05, 4.69) is 0 Å². The van der Waals surface area contributed by atoms with Gasteiger partial charge in [-0.1, -0.05) is 12.1 Å². The number of thioether (sulfide) groups is 1. The summed E-state index contributed by atoms with van der Waals surface area (Å²) >= 11 is 1.52. The molecule has 0 aromatic heterocycles. The van der Waals surface area contributed by atoms with Gasteiger partial charge in [-0.2, -0.15) is 0 Å².